The van der Waals surface area contributed by atoms with Crippen LogP contribution in [0.2, 0.25) is 0 Å². The molecule has 0 saturated carbocycles. The third kappa shape index (κ3) is 3.65. The number of benzene rings is 1. The highest BCUT2D eigenvalue weighted by molar-refractivity contribution is 5.63. The minimum atomic E-state index is -0.312. The van der Waals surface area contributed by atoms with Crippen LogP contribution in [0.4, 0.5) is 4.39 Å². The van der Waals surface area contributed by atoms with Crippen LogP contribution in [0.1, 0.15) is 18.9 Å². The van der Waals surface area contributed by atoms with Crippen molar-refractivity contribution < 1.29 is 9.50 Å². The largest absolute Gasteiger partial charge is 0.393 e. The van der Waals surface area contributed by atoms with Gasteiger partial charge in [-0.05, 0) is 32.5 Å². The van der Waals surface area contributed by atoms with Gasteiger partial charge in [-0.15, -0.1) is 0 Å². The van der Waals surface area contributed by atoms with Gasteiger partial charge in [0.2, 0.25) is 0 Å². The van der Waals surface area contributed by atoms with Gasteiger partial charge in [-0.3, -0.25) is 5.10 Å². The molecule has 5 heteroatoms. The van der Waals surface area contributed by atoms with Gasteiger partial charge in [0.25, 0.3) is 0 Å². The number of aliphatic hydroxyl groups is 1. The van der Waals surface area contributed by atoms with Crippen LogP contribution in [0.25, 0.3) is 11.3 Å². The van der Waals surface area contributed by atoms with Crippen LogP contribution in [0, 0.1) is 5.82 Å². The first-order chi connectivity index (χ1) is 9.58. The zero-order valence-corrected chi connectivity index (χ0v) is 11.8. The Hall–Kier alpha value is -1.72. The van der Waals surface area contributed by atoms with Crippen LogP contribution in [0.15, 0.2) is 30.5 Å². The number of hydrogen-bond donors (Lipinski definition) is 2. The molecule has 1 unspecified atom stereocenters. The van der Waals surface area contributed by atoms with E-state index in [1.54, 1.807) is 31.3 Å². The van der Waals surface area contributed by atoms with Crippen molar-refractivity contribution in [3.8, 4) is 11.3 Å². The fourth-order valence-corrected chi connectivity index (χ4v) is 2.11. The van der Waals surface area contributed by atoms with E-state index in [4.69, 9.17) is 0 Å². The van der Waals surface area contributed by atoms with Crippen molar-refractivity contribution in [1.82, 2.24) is 15.1 Å². The van der Waals surface area contributed by atoms with Gasteiger partial charge in [-0.25, -0.2) is 4.39 Å². The Bertz CT molecular complexity index is 554. The molecule has 1 heterocycles. The van der Waals surface area contributed by atoms with Gasteiger partial charge in [-0.2, -0.15) is 5.10 Å². The topological polar surface area (TPSA) is 52.1 Å². The van der Waals surface area contributed by atoms with Crippen molar-refractivity contribution in [3.63, 3.8) is 0 Å². The zero-order chi connectivity index (χ0) is 14.5. The molecule has 1 aromatic heterocycles. The SMILES string of the molecule is CC(O)CCN(C)Cc1cn[nH]c1-c1ccccc1F. The Morgan fingerprint density at radius 2 is 2.15 bits per heavy atom. The van der Waals surface area contributed by atoms with Gasteiger partial charge in [0, 0.05) is 24.2 Å². The van der Waals surface area contributed by atoms with E-state index in [1.165, 1.54) is 6.07 Å². The van der Waals surface area contributed by atoms with Crippen molar-refractivity contribution >= 4 is 0 Å². The monoisotopic (exact) mass is 277 g/mol. The zero-order valence-electron chi connectivity index (χ0n) is 11.8. The number of nitrogens with one attached hydrogen (secondary N) is 1. The second kappa shape index (κ2) is 6.63. The lowest BCUT2D eigenvalue weighted by Crippen LogP contribution is -2.22. The van der Waals surface area contributed by atoms with Gasteiger partial charge >= 0.3 is 0 Å². The molecule has 0 aliphatic heterocycles. The molecule has 0 saturated heterocycles. The van der Waals surface area contributed by atoms with E-state index in [-0.39, 0.29) is 11.9 Å². The molecule has 20 heavy (non-hydrogen) atoms. The Morgan fingerprint density at radius 1 is 1.40 bits per heavy atom. The van der Waals surface area contributed by atoms with E-state index in [1.807, 2.05) is 7.05 Å². The van der Waals surface area contributed by atoms with Gasteiger partial charge < -0.3 is 10.0 Å². The Morgan fingerprint density at radius 3 is 2.85 bits per heavy atom. The Labute approximate surface area is 118 Å². The lowest BCUT2D eigenvalue weighted by molar-refractivity contribution is 0.163. The lowest BCUT2D eigenvalue weighted by Gasteiger charge is -2.17. The molecule has 0 bridgehead atoms. The highest BCUT2D eigenvalue weighted by atomic mass is 19.1. The molecule has 4 nitrogen and oxygen atoms in total. The van der Waals surface area contributed by atoms with E-state index < -0.39 is 0 Å². The summed E-state index contributed by atoms with van der Waals surface area (Å²) < 4.78 is 13.8. The molecular weight excluding hydrogens is 257 g/mol. The molecule has 108 valence electrons. The number of hydrogen-bond acceptors (Lipinski definition) is 3. The number of H-pyrrole nitrogens is 1. The van der Waals surface area contributed by atoms with Gasteiger partial charge in [0.15, 0.2) is 0 Å². The van der Waals surface area contributed by atoms with Gasteiger partial charge in [-0.1, -0.05) is 12.1 Å². The van der Waals surface area contributed by atoms with Crippen molar-refractivity contribution in [1.29, 1.82) is 0 Å². The quantitative estimate of drug-likeness (QED) is 0.852. The summed E-state index contributed by atoms with van der Waals surface area (Å²) in [7, 11) is 1.97. The third-order valence-electron chi connectivity index (χ3n) is 3.23. The number of rotatable bonds is 6. The van der Waals surface area contributed by atoms with E-state index >= 15 is 0 Å². The lowest BCUT2D eigenvalue weighted by atomic mass is 10.1. The van der Waals surface area contributed by atoms with Crippen LogP contribution < -0.4 is 0 Å². The van der Waals surface area contributed by atoms with Crippen molar-refractivity contribution in [2.24, 2.45) is 0 Å². The Kier molecular flexibility index (Phi) is 4.87. The minimum absolute atomic E-state index is 0.260. The predicted octanol–water partition coefficient (Wildman–Crippen LogP) is 2.42. The van der Waals surface area contributed by atoms with Crippen LogP contribution in [0.3, 0.4) is 0 Å². The highest BCUT2D eigenvalue weighted by Crippen LogP contribution is 2.24. The fourth-order valence-electron chi connectivity index (χ4n) is 2.11. The average Bonchev–Trinajstić information content (AvgIpc) is 2.85. The number of halogens is 1. The van der Waals surface area contributed by atoms with Gasteiger partial charge in [0.1, 0.15) is 5.82 Å². The molecule has 0 fully saturated rings. The normalized spacial score (nSPS) is 12.8. The summed E-state index contributed by atoms with van der Waals surface area (Å²) in [5.74, 6) is -0.260. The van der Waals surface area contributed by atoms with E-state index in [9.17, 15) is 9.50 Å². The molecule has 0 aliphatic carbocycles. The molecule has 1 atom stereocenters. The van der Waals surface area contributed by atoms with Crippen LogP contribution >= 0.6 is 0 Å². The first kappa shape index (κ1) is 14.7. The summed E-state index contributed by atoms with van der Waals surface area (Å²) in [4.78, 5) is 2.09. The smallest absolute Gasteiger partial charge is 0.132 e. The summed E-state index contributed by atoms with van der Waals surface area (Å²) in [6, 6.07) is 6.66. The first-order valence-corrected chi connectivity index (χ1v) is 6.71. The molecule has 0 aliphatic rings. The second-order valence-electron chi connectivity index (χ2n) is 5.13. The highest BCUT2D eigenvalue weighted by Gasteiger charge is 2.13. The van der Waals surface area contributed by atoms with Crippen LogP contribution in [-0.2, 0) is 6.54 Å². The number of aromatic amines is 1. The van der Waals surface area contributed by atoms with Crippen molar-refractivity contribution in [3.05, 3.63) is 41.8 Å². The number of aliphatic hydroxyl groups excluding tert-OH is 1. The van der Waals surface area contributed by atoms with E-state index in [0.29, 0.717) is 24.2 Å². The maximum Gasteiger partial charge on any atom is 0.132 e. The molecule has 2 aromatic rings. The Balaban J connectivity index is 2.11. The van der Waals surface area contributed by atoms with Crippen molar-refractivity contribution in [2.45, 2.75) is 26.0 Å². The molecule has 2 N–H and O–H groups in total. The molecule has 1 aromatic carbocycles. The first-order valence-electron chi connectivity index (χ1n) is 6.71. The molecule has 0 spiro atoms. The summed E-state index contributed by atoms with van der Waals surface area (Å²) in [5, 5.41) is 16.2. The summed E-state index contributed by atoms with van der Waals surface area (Å²) in [5.41, 5.74) is 2.19. The summed E-state index contributed by atoms with van der Waals surface area (Å²) in [6.07, 6.45) is 2.12. The molecule has 0 amide bonds. The second-order valence-corrected chi connectivity index (χ2v) is 5.13. The average molecular weight is 277 g/mol. The maximum absolute atomic E-state index is 13.8. The fraction of sp³-hybridized carbons (Fsp3) is 0.400. The number of nitrogens with zero attached hydrogens (tertiary/aromatic N) is 2. The summed E-state index contributed by atoms with van der Waals surface area (Å²) >= 11 is 0. The van der Waals surface area contributed by atoms with Gasteiger partial charge in [0.05, 0.1) is 18.0 Å². The van der Waals surface area contributed by atoms with Crippen molar-refractivity contribution in [2.75, 3.05) is 13.6 Å². The van der Waals surface area contributed by atoms with E-state index in [0.717, 1.165) is 12.1 Å². The predicted molar refractivity (Wildman–Crippen MR) is 76.6 cm³/mol. The molecular formula is C15H20FN3O. The third-order valence-corrected chi connectivity index (χ3v) is 3.23. The minimum Gasteiger partial charge on any atom is -0.393 e. The molecule has 2 rings (SSSR count). The number of aromatic nitrogens is 2. The standard InChI is InChI=1S/C15H20FN3O/c1-11(20)7-8-19(2)10-12-9-17-18-15(12)13-5-3-4-6-14(13)16/h3-6,9,11,20H,7-8,10H2,1-2H3,(H,17,18). The van der Waals surface area contributed by atoms with Crippen LogP contribution in [-0.4, -0.2) is 39.9 Å². The van der Waals surface area contributed by atoms with Crippen LogP contribution in [0.5, 0.6) is 0 Å². The molecule has 0 radical (unpaired) electrons. The maximum atomic E-state index is 13.8. The summed E-state index contributed by atoms with van der Waals surface area (Å²) in [6.45, 7) is 3.21. The van der Waals surface area contributed by atoms with E-state index in [2.05, 4.69) is 15.1 Å².